The third-order valence-electron chi connectivity index (χ3n) is 6.96. The van der Waals surface area contributed by atoms with Gasteiger partial charge in [0.25, 0.3) is 5.91 Å². The van der Waals surface area contributed by atoms with Crippen LogP contribution < -0.4 is 16.0 Å². The fourth-order valence-electron chi connectivity index (χ4n) is 3.81. The number of nitrogens with one attached hydrogen (secondary N) is 3. The molecule has 0 atom stereocenters. The summed E-state index contributed by atoms with van der Waals surface area (Å²) in [4.78, 5) is 82.3. The second kappa shape index (κ2) is 33.3. The molecule has 0 fully saturated rings. The summed E-state index contributed by atoms with van der Waals surface area (Å²) in [5, 5.41) is 47.9. The molecule has 0 aliphatic heterocycles. The van der Waals surface area contributed by atoms with E-state index in [0.717, 1.165) is 12.8 Å². The number of hydrogen-bond acceptors (Lipinski definition) is 16. The van der Waals surface area contributed by atoms with Gasteiger partial charge in [-0.15, -0.1) is 0 Å². The van der Waals surface area contributed by atoms with Gasteiger partial charge in [-0.1, -0.05) is 13.3 Å². The molecule has 0 saturated heterocycles. The molecule has 318 valence electrons. The molecule has 0 heterocycles. The molecule has 0 unspecified atom stereocenters. The highest BCUT2D eigenvalue weighted by atomic mass is 16.5. The summed E-state index contributed by atoms with van der Waals surface area (Å²) in [5.41, 5.74) is 0. The third kappa shape index (κ3) is 29.9. The first kappa shape index (κ1) is 50.9. The Balaban J connectivity index is 3.80. The molecule has 0 spiro atoms. The predicted octanol–water partition coefficient (Wildman–Crippen LogP) is -2.33. The third-order valence-corrected chi connectivity index (χ3v) is 6.96. The van der Waals surface area contributed by atoms with Crippen molar-refractivity contribution in [2.45, 2.75) is 52.4 Å². The lowest BCUT2D eigenvalue weighted by Crippen LogP contribution is -2.36. The quantitative estimate of drug-likeness (QED) is 0.0204. The van der Waals surface area contributed by atoms with Gasteiger partial charge in [0.15, 0.2) is 0 Å². The first-order valence-electron chi connectivity index (χ1n) is 17.9. The van der Waals surface area contributed by atoms with Gasteiger partial charge < -0.3 is 39.6 Å². The fourth-order valence-corrected chi connectivity index (χ4v) is 3.81. The molecular weight excluding hydrogens is 738 g/mol. The van der Waals surface area contributed by atoms with E-state index in [0.29, 0.717) is 26.9 Å². The number of unbranched alkanes of at least 4 members (excludes halogenated alkanes) is 1. The predicted molar refractivity (Wildman–Crippen MR) is 186 cm³/mol. The maximum Gasteiger partial charge on any atom is 0.271 e. The number of hydrogen-bond donors (Lipinski definition) is 7. The minimum atomic E-state index is -0.717. The number of carbonyl (C=O) groups is 7. The fraction of sp³-hybridized carbons (Fsp3) is 0.781. The minimum absolute atomic E-state index is 0.0147. The van der Waals surface area contributed by atoms with Crippen molar-refractivity contribution >= 4 is 41.4 Å². The van der Waals surface area contributed by atoms with Crippen LogP contribution in [0.1, 0.15) is 52.4 Å². The molecule has 55 heavy (non-hydrogen) atoms. The van der Waals surface area contributed by atoms with E-state index in [4.69, 9.17) is 23.7 Å². The van der Waals surface area contributed by atoms with Crippen LogP contribution in [0.25, 0.3) is 0 Å². The van der Waals surface area contributed by atoms with E-state index in [1.165, 1.54) is 6.92 Å². The zero-order valence-corrected chi connectivity index (χ0v) is 31.7. The average molecular weight is 798 g/mol. The molecule has 23 nitrogen and oxygen atoms in total. The number of ether oxygens (including phenoxy) is 5. The second-order valence-corrected chi connectivity index (χ2v) is 11.5. The van der Waals surface area contributed by atoms with Gasteiger partial charge in [0, 0.05) is 58.8 Å². The van der Waals surface area contributed by atoms with Crippen molar-refractivity contribution in [3.8, 4) is 0 Å². The largest absolute Gasteiger partial charge is 0.380 e. The molecular formula is C32H59N7O16. The Morgan fingerprint density at radius 2 is 0.836 bits per heavy atom. The van der Waals surface area contributed by atoms with Crippen LogP contribution in [-0.4, -0.2) is 194 Å². The standard InChI is InChI=1S/C32H59N7O16/c1-3-4-16-51-21-15-39(50)32(46)25-55-24-29(43)35-11-19-54-23-14-38(49)31(45)8-6-28(42)34-10-18-53-22-13-37(48)30(44)7-5-27(41)33-9-17-52-20-12-36(47)26(2)40/h47-50H,3-25H2,1-2H3,(H,33,41)(H,34,42)(H,35,43). The number of nitrogens with zero attached hydrogens (tertiary/aromatic N) is 4. The first-order chi connectivity index (χ1) is 26.3. The zero-order chi connectivity index (χ0) is 41.3. The first-order valence-corrected chi connectivity index (χ1v) is 17.9. The van der Waals surface area contributed by atoms with Crippen LogP contribution in [0.3, 0.4) is 0 Å². The second-order valence-electron chi connectivity index (χ2n) is 11.5. The molecule has 0 aliphatic rings. The highest BCUT2D eigenvalue weighted by Crippen LogP contribution is 1.98. The molecule has 7 amide bonds. The lowest BCUT2D eigenvalue weighted by molar-refractivity contribution is -0.173. The van der Waals surface area contributed by atoms with E-state index in [1.54, 1.807) is 0 Å². The molecule has 0 saturated carbocycles. The molecule has 23 heteroatoms. The molecule has 0 aromatic heterocycles. The van der Waals surface area contributed by atoms with Crippen LogP contribution in [0.2, 0.25) is 0 Å². The molecule has 0 rings (SSSR count). The van der Waals surface area contributed by atoms with Crippen LogP contribution in [0.5, 0.6) is 0 Å². The monoisotopic (exact) mass is 797 g/mol. The molecule has 0 aromatic carbocycles. The maximum atomic E-state index is 12.1. The van der Waals surface area contributed by atoms with Gasteiger partial charge in [-0.2, -0.15) is 0 Å². The van der Waals surface area contributed by atoms with Crippen LogP contribution in [-0.2, 0) is 57.2 Å². The highest BCUT2D eigenvalue weighted by Gasteiger charge is 2.15. The SMILES string of the molecule is CCCCOCCN(O)C(=O)COCC(=O)NCCOCCN(O)C(=O)CCC(=O)NCCOCCN(O)C(=O)CCC(=O)NCCOCCN(O)C(C)=O. The molecule has 0 aliphatic carbocycles. The van der Waals surface area contributed by atoms with Crippen molar-refractivity contribution < 1.29 is 78.1 Å². The average Bonchev–Trinajstić information content (AvgIpc) is 3.16. The molecule has 7 N–H and O–H groups in total. The van der Waals surface area contributed by atoms with Crippen LogP contribution >= 0.6 is 0 Å². The Morgan fingerprint density at radius 1 is 0.455 bits per heavy atom. The number of hydroxylamine groups is 8. The Hall–Kier alpha value is -4.07. The van der Waals surface area contributed by atoms with E-state index in [9.17, 15) is 54.4 Å². The van der Waals surface area contributed by atoms with Gasteiger partial charge in [0.2, 0.25) is 35.4 Å². The molecule has 0 aromatic rings. The summed E-state index contributed by atoms with van der Waals surface area (Å²) < 4.78 is 25.9. The van der Waals surface area contributed by atoms with E-state index >= 15 is 0 Å². The summed E-state index contributed by atoms with van der Waals surface area (Å²) in [6.07, 6.45) is 0.944. The van der Waals surface area contributed by atoms with Gasteiger partial charge in [0.1, 0.15) is 13.2 Å². The van der Waals surface area contributed by atoms with Crippen molar-refractivity contribution in [3.05, 3.63) is 0 Å². The Morgan fingerprint density at radius 3 is 1.25 bits per heavy atom. The Labute approximate surface area is 319 Å². The summed E-state index contributed by atoms with van der Waals surface area (Å²) in [6.45, 7) is 3.15. The van der Waals surface area contributed by atoms with Crippen LogP contribution in [0.4, 0.5) is 0 Å². The van der Waals surface area contributed by atoms with Crippen molar-refractivity contribution in [2.75, 3.05) is 112 Å². The topological polar surface area (TPSA) is 296 Å². The van der Waals surface area contributed by atoms with Gasteiger partial charge in [0.05, 0.1) is 72.4 Å². The van der Waals surface area contributed by atoms with E-state index in [-0.39, 0.29) is 118 Å². The van der Waals surface area contributed by atoms with Crippen LogP contribution in [0, 0.1) is 0 Å². The lowest BCUT2D eigenvalue weighted by Gasteiger charge is -2.16. The van der Waals surface area contributed by atoms with Crippen molar-refractivity contribution in [2.24, 2.45) is 0 Å². The van der Waals surface area contributed by atoms with E-state index < -0.39 is 54.6 Å². The van der Waals surface area contributed by atoms with Crippen LogP contribution in [0.15, 0.2) is 0 Å². The van der Waals surface area contributed by atoms with Gasteiger partial charge >= 0.3 is 0 Å². The summed E-state index contributed by atoms with van der Waals surface area (Å²) >= 11 is 0. The lowest BCUT2D eigenvalue weighted by atomic mass is 10.2. The molecule has 0 bridgehead atoms. The normalized spacial score (nSPS) is 10.7. The Bertz CT molecular complexity index is 1140. The minimum Gasteiger partial charge on any atom is -0.380 e. The maximum absolute atomic E-state index is 12.1. The van der Waals surface area contributed by atoms with Crippen molar-refractivity contribution in [1.82, 2.24) is 36.2 Å². The smallest absolute Gasteiger partial charge is 0.271 e. The summed E-state index contributed by atoms with van der Waals surface area (Å²) in [7, 11) is 0. The zero-order valence-electron chi connectivity index (χ0n) is 31.7. The number of rotatable bonds is 34. The summed E-state index contributed by atoms with van der Waals surface area (Å²) in [5.74, 6) is -4.07. The molecule has 0 radical (unpaired) electrons. The van der Waals surface area contributed by atoms with E-state index in [2.05, 4.69) is 16.0 Å². The van der Waals surface area contributed by atoms with Crippen molar-refractivity contribution in [1.29, 1.82) is 0 Å². The van der Waals surface area contributed by atoms with Crippen molar-refractivity contribution in [3.63, 3.8) is 0 Å². The van der Waals surface area contributed by atoms with E-state index in [1.807, 2.05) is 6.92 Å². The van der Waals surface area contributed by atoms with Gasteiger partial charge in [-0.3, -0.25) is 54.4 Å². The number of amides is 7. The van der Waals surface area contributed by atoms with Gasteiger partial charge in [-0.05, 0) is 6.42 Å². The summed E-state index contributed by atoms with van der Waals surface area (Å²) in [6, 6.07) is 0. The van der Waals surface area contributed by atoms with Gasteiger partial charge in [-0.25, -0.2) is 20.3 Å². The Kier molecular flexibility index (Phi) is 30.8. The highest BCUT2D eigenvalue weighted by molar-refractivity contribution is 5.84. The number of carbonyl (C=O) groups excluding carboxylic acids is 7.